The average molecular weight is 713 g/mol. The standard InChI is InChI=1S/C28H40F5N6O.C5H12.C2H6.K/c1-5-7-22-20(16-36-10-9-35-3)26(37-15-18-8-6-11-39(18)12-13-40-4)25(30)27(38-22)19-14-21(34)24(29)17(2)23(19)28(31,32)33;1-4-5(2)3;1-2;/h14,18,35H,5-13,15-16,34H2,1-4H3,(H,37,38);5H,4H2,1-3H3;1-2H3;/q-1;;;+1. The number of pyridine rings is 1. The van der Waals surface area contributed by atoms with E-state index in [0.29, 0.717) is 50.3 Å². The number of halogens is 5. The molecule has 1 atom stereocenters. The average Bonchev–Trinajstić information content (AvgIpc) is 3.49. The van der Waals surface area contributed by atoms with Crippen LogP contribution in [0.15, 0.2) is 6.07 Å². The zero-order valence-corrected chi connectivity index (χ0v) is 34.1. The number of likely N-dealkylation sites (tertiary alicyclic amines) is 1. The van der Waals surface area contributed by atoms with E-state index >= 15 is 4.39 Å². The molecule has 2 heterocycles. The van der Waals surface area contributed by atoms with Gasteiger partial charge in [-0.2, -0.15) is 13.2 Å². The zero-order valence-electron chi connectivity index (χ0n) is 30.9. The number of nitrogen functional groups attached to an aromatic ring is 1. The van der Waals surface area contributed by atoms with Crippen LogP contribution < -0.4 is 67.8 Å². The summed E-state index contributed by atoms with van der Waals surface area (Å²) in [5, 5.41) is 10.7. The number of aromatic nitrogens is 1. The van der Waals surface area contributed by atoms with E-state index in [1.54, 1.807) is 14.2 Å². The van der Waals surface area contributed by atoms with Crippen LogP contribution in [0.4, 0.5) is 33.3 Å². The minimum absolute atomic E-state index is 0. The number of nitrogens with one attached hydrogen (secondary N) is 2. The third kappa shape index (κ3) is 14.0. The molecule has 7 nitrogen and oxygen atoms in total. The van der Waals surface area contributed by atoms with Gasteiger partial charge in [0.2, 0.25) is 0 Å². The molecule has 0 radical (unpaired) electrons. The van der Waals surface area contributed by atoms with E-state index in [4.69, 9.17) is 10.5 Å². The number of rotatable bonds is 15. The van der Waals surface area contributed by atoms with E-state index in [1.807, 2.05) is 20.8 Å². The fourth-order valence-electron chi connectivity index (χ4n) is 5.23. The van der Waals surface area contributed by atoms with Crippen LogP contribution in [0.2, 0.25) is 0 Å². The first kappa shape index (κ1) is 47.1. The summed E-state index contributed by atoms with van der Waals surface area (Å²) >= 11 is 0. The molecule has 3 rings (SSSR count). The number of alkyl halides is 3. The molecular formula is C35H58F5KN6O. The van der Waals surface area contributed by atoms with Gasteiger partial charge in [0.15, 0.2) is 5.82 Å². The van der Waals surface area contributed by atoms with Crippen molar-refractivity contribution in [3.63, 3.8) is 0 Å². The number of aryl methyl sites for hydroxylation is 1. The van der Waals surface area contributed by atoms with Crippen molar-refractivity contribution < 1.29 is 78.1 Å². The van der Waals surface area contributed by atoms with E-state index < -0.39 is 45.9 Å². The van der Waals surface area contributed by atoms with Crippen molar-refractivity contribution in [2.24, 2.45) is 5.92 Å². The molecule has 1 saturated heterocycles. The summed E-state index contributed by atoms with van der Waals surface area (Å²) in [6.45, 7) is 17.4. The van der Waals surface area contributed by atoms with Crippen LogP contribution in [0.5, 0.6) is 0 Å². The molecule has 1 aliphatic rings. The summed E-state index contributed by atoms with van der Waals surface area (Å²) in [7, 11) is 3.43. The number of ether oxygens (including phenoxy) is 1. The largest absolute Gasteiger partial charge is 1.00 e. The van der Waals surface area contributed by atoms with Crippen molar-refractivity contribution in [2.75, 3.05) is 64.5 Å². The van der Waals surface area contributed by atoms with Crippen LogP contribution in [0, 0.1) is 24.5 Å². The van der Waals surface area contributed by atoms with Crippen LogP contribution in [0.3, 0.4) is 0 Å². The summed E-state index contributed by atoms with van der Waals surface area (Å²) in [6, 6.07) is 0.931. The van der Waals surface area contributed by atoms with Gasteiger partial charge >= 0.3 is 57.6 Å². The molecule has 1 aromatic heterocycles. The summed E-state index contributed by atoms with van der Waals surface area (Å²) < 4.78 is 78.7. The number of anilines is 2. The molecule has 48 heavy (non-hydrogen) atoms. The van der Waals surface area contributed by atoms with Gasteiger partial charge in [0.25, 0.3) is 0 Å². The summed E-state index contributed by atoms with van der Waals surface area (Å²) in [5.41, 5.74) is 3.21. The fourth-order valence-corrected chi connectivity index (χ4v) is 5.23. The van der Waals surface area contributed by atoms with Crippen LogP contribution in [0.25, 0.3) is 16.6 Å². The molecule has 2 aromatic rings. The van der Waals surface area contributed by atoms with Crippen LogP contribution in [0.1, 0.15) is 89.6 Å². The molecule has 0 amide bonds. The molecule has 4 N–H and O–H groups in total. The first-order valence-corrected chi connectivity index (χ1v) is 16.9. The summed E-state index contributed by atoms with van der Waals surface area (Å²) in [4.78, 5) is 6.67. The van der Waals surface area contributed by atoms with Gasteiger partial charge in [-0.3, -0.25) is 4.90 Å². The van der Waals surface area contributed by atoms with Gasteiger partial charge in [0, 0.05) is 37.5 Å². The van der Waals surface area contributed by atoms with Crippen molar-refractivity contribution in [1.82, 2.24) is 15.2 Å². The molecule has 1 unspecified atom stereocenters. The Morgan fingerprint density at radius 2 is 1.81 bits per heavy atom. The quantitative estimate of drug-likeness (QED) is 0.0967. The SMILES string of the molecule is CC.CCC(C)C.CCCc1nc(-c2cc(N)c(F)c(C)c2C(F)(F)F)c(F)c(NCC2CCCN2CCOC)c1C[N-]CCNC.[K+]. The van der Waals surface area contributed by atoms with Gasteiger partial charge in [0.1, 0.15) is 11.5 Å². The van der Waals surface area contributed by atoms with Crippen LogP contribution >= 0.6 is 0 Å². The molecule has 270 valence electrons. The molecular weight excluding hydrogens is 655 g/mol. The van der Waals surface area contributed by atoms with E-state index in [1.165, 1.54) is 6.42 Å². The number of hydrogen-bond acceptors (Lipinski definition) is 6. The number of hydrogen-bond donors (Lipinski definition) is 3. The van der Waals surface area contributed by atoms with Gasteiger partial charge in [-0.1, -0.05) is 54.4 Å². The first-order valence-electron chi connectivity index (χ1n) is 16.9. The molecule has 0 spiro atoms. The molecule has 0 aliphatic carbocycles. The van der Waals surface area contributed by atoms with Gasteiger partial charge in [-0.15, -0.1) is 13.1 Å². The van der Waals surface area contributed by atoms with Crippen molar-refractivity contribution >= 4 is 11.4 Å². The molecule has 13 heteroatoms. The zero-order chi connectivity index (χ0) is 35.7. The minimum atomic E-state index is -4.95. The van der Waals surface area contributed by atoms with E-state index in [0.717, 1.165) is 44.8 Å². The Morgan fingerprint density at radius 1 is 1.17 bits per heavy atom. The smallest absolute Gasteiger partial charge is 0.657 e. The van der Waals surface area contributed by atoms with Crippen LogP contribution in [-0.2, 0) is 23.9 Å². The summed E-state index contributed by atoms with van der Waals surface area (Å²) in [6.07, 6.45) is -0.736. The second-order valence-electron chi connectivity index (χ2n) is 11.9. The maximum absolute atomic E-state index is 16.4. The van der Waals surface area contributed by atoms with Gasteiger partial charge < -0.3 is 26.4 Å². The number of nitrogens with two attached hydrogens (primary N) is 1. The molecule has 0 saturated carbocycles. The Hall–Kier alpha value is -0.904. The van der Waals surface area contributed by atoms with Gasteiger partial charge in [-0.25, -0.2) is 13.8 Å². The van der Waals surface area contributed by atoms with Crippen molar-refractivity contribution in [2.45, 2.75) is 99.3 Å². The third-order valence-electron chi connectivity index (χ3n) is 8.08. The molecule has 1 fully saturated rings. The molecule has 1 aromatic carbocycles. The number of likely N-dealkylation sites (N-methyl/N-ethyl adjacent to an activating group) is 1. The van der Waals surface area contributed by atoms with Crippen molar-refractivity contribution in [3.05, 3.63) is 45.4 Å². The number of methoxy groups -OCH3 is 1. The Bertz CT molecular complexity index is 1220. The van der Waals surface area contributed by atoms with Crippen LogP contribution in [-0.4, -0.2) is 69.4 Å². The van der Waals surface area contributed by atoms with Gasteiger partial charge in [-0.05, 0) is 69.4 Å². The second-order valence-corrected chi connectivity index (χ2v) is 11.9. The van der Waals surface area contributed by atoms with E-state index in [9.17, 15) is 17.6 Å². The number of nitrogens with zero attached hydrogens (tertiary/aromatic N) is 3. The van der Waals surface area contributed by atoms with Crippen molar-refractivity contribution in [1.29, 1.82) is 0 Å². The minimum Gasteiger partial charge on any atom is -0.657 e. The van der Waals surface area contributed by atoms with Gasteiger partial charge in [0.05, 0.1) is 23.5 Å². The Kier molecular flexibility index (Phi) is 23.9. The third-order valence-corrected chi connectivity index (χ3v) is 8.08. The first-order chi connectivity index (χ1) is 22.3. The molecule has 0 bridgehead atoms. The monoisotopic (exact) mass is 712 g/mol. The van der Waals surface area contributed by atoms with E-state index in [-0.39, 0.29) is 69.7 Å². The topological polar surface area (TPSA) is 89.5 Å². The maximum atomic E-state index is 16.4. The predicted molar refractivity (Wildman–Crippen MR) is 185 cm³/mol. The Morgan fingerprint density at radius 3 is 2.35 bits per heavy atom. The maximum Gasteiger partial charge on any atom is 1.00 e. The normalized spacial score (nSPS) is 14.6. The Labute approximate surface area is 328 Å². The number of benzene rings is 1. The predicted octanol–water partition coefficient (Wildman–Crippen LogP) is 5.59. The Balaban J connectivity index is 0.00000252. The van der Waals surface area contributed by atoms with E-state index in [2.05, 4.69) is 46.6 Å². The van der Waals surface area contributed by atoms with Crippen molar-refractivity contribution in [3.8, 4) is 11.3 Å². The molecule has 1 aliphatic heterocycles. The fraction of sp³-hybridized carbons (Fsp3) is 0.686. The second kappa shape index (κ2) is 24.3. The summed E-state index contributed by atoms with van der Waals surface area (Å²) in [5.74, 6) is -1.23.